The summed E-state index contributed by atoms with van der Waals surface area (Å²) in [6, 6.07) is 4.57. The molecular formula is C6H9BFNO2. The van der Waals surface area contributed by atoms with Crippen LogP contribution >= 0.6 is 0 Å². The van der Waals surface area contributed by atoms with E-state index in [9.17, 15) is 4.39 Å². The van der Waals surface area contributed by atoms with E-state index in [1.807, 2.05) is 0 Å². The van der Waals surface area contributed by atoms with E-state index in [1.165, 1.54) is 19.1 Å². The summed E-state index contributed by atoms with van der Waals surface area (Å²) in [5.41, 5.74) is 0. The van der Waals surface area contributed by atoms with Gasteiger partial charge in [0.05, 0.1) is 0 Å². The average Bonchev–Trinajstić information content (AvgIpc) is 1.87. The minimum Gasteiger partial charge on any atom is -0.427 e. The highest BCUT2D eigenvalue weighted by Crippen LogP contribution is 1.85. The Morgan fingerprint density at radius 2 is 2.00 bits per heavy atom. The average molecular weight is 157 g/mol. The first-order valence-electron chi connectivity index (χ1n) is 3.05. The monoisotopic (exact) mass is 157 g/mol. The van der Waals surface area contributed by atoms with Gasteiger partial charge in [-0.05, 0) is 19.0 Å². The number of aromatic nitrogens is 1. The lowest BCUT2D eigenvalue weighted by Gasteiger charge is -1.78. The van der Waals surface area contributed by atoms with Gasteiger partial charge in [0.2, 0.25) is 5.95 Å². The first-order chi connectivity index (χ1) is 5.13. The zero-order valence-corrected chi connectivity index (χ0v) is 6.11. The van der Waals surface area contributed by atoms with Crippen LogP contribution in [0.4, 0.5) is 4.39 Å². The molecule has 0 aromatic carbocycles. The van der Waals surface area contributed by atoms with E-state index < -0.39 is 13.1 Å². The molecule has 0 unspecified atom stereocenters. The van der Waals surface area contributed by atoms with Crippen molar-refractivity contribution in [2.45, 2.75) is 6.82 Å². The summed E-state index contributed by atoms with van der Waals surface area (Å²) in [5.74, 6) is -0.428. The topological polar surface area (TPSA) is 53.4 Å². The van der Waals surface area contributed by atoms with Crippen LogP contribution in [0.15, 0.2) is 24.4 Å². The van der Waals surface area contributed by atoms with Gasteiger partial charge in [-0.2, -0.15) is 4.39 Å². The molecule has 0 amide bonds. The summed E-state index contributed by atoms with van der Waals surface area (Å²) in [5, 5.41) is 15.2. The van der Waals surface area contributed by atoms with Crippen LogP contribution in [0.1, 0.15) is 0 Å². The van der Waals surface area contributed by atoms with Crippen molar-refractivity contribution in [3.8, 4) is 0 Å². The highest BCUT2D eigenvalue weighted by molar-refractivity contribution is 6.38. The van der Waals surface area contributed by atoms with Crippen LogP contribution < -0.4 is 0 Å². The third-order valence-corrected chi connectivity index (χ3v) is 0.629. The number of hydrogen-bond acceptors (Lipinski definition) is 3. The summed E-state index contributed by atoms with van der Waals surface area (Å²) in [6.07, 6.45) is 1.41. The van der Waals surface area contributed by atoms with Crippen molar-refractivity contribution >= 4 is 7.12 Å². The fourth-order valence-electron chi connectivity index (χ4n) is 0.342. The van der Waals surface area contributed by atoms with E-state index in [4.69, 9.17) is 10.0 Å². The normalized spacial score (nSPS) is 8.00. The molecule has 0 saturated heterocycles. The lowest BCUT2D eigenvalue weighted by molar-refractivity contribution is 0.417. The van der Waals surface area contributed by atoms with Crippen LogP contribution in [0.25, 0.3) is 0 Å². The van der Waals surface area contributed by atoms with Gasteiger partial charge in [0.15, 0.2) is 0 Å². The highest BCUT2D eigenvalue weighted by atomic mass is 19.1. The Morgan fingerprint density at radius 1 is 1.45 bits per heavy atom. The zero-order chi connectivity index (χ0) is 8.69. The van der Waals surface area contributed by atoms with Gasteiger partial charge in [0.1, 0.15) is 0 Å². The van der Waals surface area contributed by atoms with Crippen LogP contribution in [0.2, 0.25) is 6.82 Å². The molecule has 0 radical (unpaired) electrons. The quantitative estimate of drug-likeness (QED) is 0.420. The minimum absolute atomic E-state index is 0.428. The van der Waals surface area contributed by atoms with Crippen LogP contribution in [0.3, 0.4) is 0 Å². The van der Waals surface area contributed by atoms with Crippen LogP contribution in [0.5, 0.6) is 0 Å². The molecule has 0 bridgehead atoms. The predicted molar refractivity (Wildman–Crippen MR) is 40.3 cm³/mol. The van der Waals surface area contributed by atoms with Crippen molar-refractivity contribution in [1.29, 1.82) is 0 Å². The molecule has 1 rings (SSSR count). The SMILES string of the molecule is CB(O)O.Fc1ccccn1. The Balaban J connectivity index is 0.000000218. The van der Waals surface area contributed by atoms with Gasteiger partial charge in [0, 0.05) is 6.20 Å². The summed E-state index contributed by atoms with van der Waals surface area (Å²) in [7, 11) is -1.17. The van der Waals surface area contributed by atoms with Gasteiger partial charge in [0.25, 0.3) is 0 Å². The van der Waals surface area contributed by atoms with Crippen molar-refractivity contribution in [2.75, 3.05) is 0 Å². The second-order valence-electron chi connectivity index (χ2n) is 1.78. The Morgan fingerprint density at radius 3 is 2.18 bits per heavy atom. The second-order valence-corrected chi connectivity index (χ2v) is 1.78. The van der Waals surface area contributed by atoms with Crippen LogP contribution in [-0.4, -0.2) is 22.2 Å². The van der Waals surface area contributed by atoms with Crippen molar-refractivity contribution < 1.29 is 14.4 Å². The summed E-state index contributed by atoms with van der Waals surface area (Å²) in [6.45, 7) is 1.28. The molecule has 0 aliphatic carbocycles. The first-order valence-corrected chi connectivity index (χ1v) is 3.05. The van der Waals surface area contributed by atoms with Gasteiger partial charge >= 0.3 is 7.12 Å². The molecule has 1 aromatic rings. The lowest BCUT2D eigenvalue weighted by atomic mass is 9.99. The van der Waals surface area contributed by atoms with Gasteiger partial charge in [-0.15, -0.1) is 0 Å². The largest absolute Gasteiger partial charge is 0.448 e. The Bertz CT molecular complexity index is 180. The van der Waals surface area contributed by atoms with Gasteiger partial charge in [-0.1, -0.05) is 6.07 Å². The molecule has 11 heavy (non-hydrogen) atoms. The molecule has 60 valence electrons. The van der Waals surface area contributed by atoms with E-state index in [2.05, 4.69) is 4.98 Å². The predicted octanol–water partition coefficient (Wildman–Crippen LogP) is 0.310. The van der Waals surface area contributed by atoms with Crippen LogP contribution in [-0.2, 0) is 0 Å². The lowest BCUT2D eigenvalue weighted by Crippen LogP contribution is -2.00. The van der Waals surface area contributed by atoms with Crippen molar-refractivity contribution in [1.82, 2.24) is 4.98 Å². The fourth-order valence-corrected chi connectivity index (χ4v) is 0.342. The smallest absolute Gasteiger partial charge is 0.427 e. The molecule has 0 spiro atoms. The Kier molecular flexibility index (Phi) is 5.33. The van der Waals surface area contributed by atoms with E-state index in [1.54, 1.807) is 12.1 Å². The van der Waals surface area contributed by atoms with E-state index >= 15 is 0 Å². The molecule has 1 aromatic heterocycles. The third-order valence-electron chi connectivity index (χ3n) is 0.629. The van der Waals surface area contributed by atoms with Crippen molar-refractivity contribution in [2.24, 2.45) is 0 Å². The van der Waals surface area contributed by atoms with Crippen LogP contribution in [0, 0.1) is 5.95 Å². The van der Waals surface area contributed by atoms with Gasteiger partial charge < -0.3 is 10.0 Å². The Labute approximate surface area is 64.7 Å². The Hall–Kier alpha value is -0.935. The third kappa shape index (κ3) is 9.06. The van der Waals surface area contributed by atoms with E-state index in [0.29, 0.717) is 0 Å². The molecule has 3 nitrogen and oxygen atoms in total. The zero-order valence-electron chi connectivity index (χ0n) is 6.11. The maximum Gasteiger partial charge on any atom is 0.448 e. The maximum absolute atomic E-state index is 11.8. The number of hydrogen-bond donors (Lipinski definition) is 2. The van der Waals surface area contributed by atoms with E-state index in [-0.39, 0.29) is 0 Å². The number of nitrogens with zero attached hydrogens (tertiary/aromatic N) is 1. The first kappa shape index (κ1) is 10.1. The molecule has 1 heterocycles. The molecule has 0 aliphatic rings. The molecule has 0 saturated carbocycles. The molecule has 0 fully saturated rings. The molecule has 5 heteroatoms. The minimum atomic E-state index is -1.17. The maximum atomic E-state index is 11.8. The number of pyridine rings is 1. The van der Waals surface area contributed by atoms with Gasteiger partial charge in [-0.25, -0.2) is 4.98 Å². The summed E-state index contributed by atoms with van der Waals surface area (Å²) < 4.78 is 11.8. The van der Waals surface area contributed by atoms with Crippen molar-refractivity contribution in [3.63, 3.8) is 0 Å². The molecule has 2 N–H and O–H groups in total. The summed E-state index contributed by atoms with van der Waals surface area (Å²) >= 11 is 0. The molecule has 0 atom stereocenters. The number of halogens is 1. The van der Waals surface area contributed by atoms with Crippen molar-refractivity contribution in [3.05, 3.63) is 30.3 Å². The molecular weight excluding hydrogens is 148 g/mol. The molecule has 0 aliphatic heterocycles. The fraction of sp³-hybridized carbons (Fsp3) is 0.167. The number of rotatable bonds is 0. The second kappa shape index (κ2) is 5.82. The van der Waals surface area contributed by atoms with Gasteiger partial charge in [-0.3, -0.25) is 0 Å². The summed E-state index contributed by atoms with van der Waals surface area (Å²) in [4.78, 5) is 3.31. The highest BCUT2D eigenvalue weighted by Gasteiger charge is 1.86. The van der Waals surface area contributed by atoms with E-state index in [0.717, 1.165) is 0 Å². The standard InChI is InChI=1S/C5H4FN.CH5BO2/c6-5-3-1-2-4-7-5;1-2(3)4/h1-4H;3-4H,1H3.